The SMILES string of the molecule is C[C@H](CO)CN(Cc1ccccc1)C(=O)c1cnc2ccccn12. The third-order valence-electron chi connectivity index (χ3n) is 3.98. The van der Waals surface area contributed by atoms with Crippen LogP contribution in [-0.4, -0.2) is 38.4 Å². The number of hydrogen-bond donors (Lipinski definition) is 1. The molecule has 5 nitrogen and oxygen atoms in total. The zero-order valence-corrected chi connectivity index (χ0v) is 13.7. The van der Waals surface area contributed by atoms with Gasteiger partial charge in [0.1, 0.15) is 11.3 Å². The lowest BCUT2D eigenvalue weighted by atomic mass is 10.1. The summed E-state index contributed by atoms with van der Waals surface area (Å²) >= 11 is 0. The molecule has 124 valence electrons. The van der Waals surface area contributed by atoms with Gasteiger partial charge in [-0.1, -0.05) is 43.3 Å². The summed E-state index contributed by atoms with van der Waals surface area (Å²) in [5, 5.41) is 9.38. The van der Waals surface area contributed by atoms with Gasteiger partial charge in [0.05, 0.1) is 6.20 Å². The summed E-state index contributed by atoms with van der Waals surface area (Å²) in [6.07, 6.45) is 3.45. The molecule has 1 N–H and O–H groups in total. The molecule has 24 heavy (non-hydrogen) atoms. The summed E-state index contributed by atoms with van der Waals surface area (Å²) < 4.78 is 1.80. The Balaban J connectivity index is 1.90. The predicted octanol–water partition coefficient (Wildman–Crippen LogP) is 2.61. The van der Waals surface area contributed by atoms with E-state index in [1.54, 1.807) is 15.5 Å². The number of carbonyl (C=O) groups excluding carboxylic acids is 1. The van der Waals surface area contributed by atoms with Gasteiger partial charge in [-0.25, -0.2) is 4.98 Å². The Bertz CT molecular complexity index is 814. The van der Waals surface area contributed by atoms with Gasteiger partial charge in [-0.2, -0.15) is 0 Å². The van der Waals surface area contributed by atoms with E-state index in [1.807, 2.05) is 61.7 Å². The number of benzene rings is 1. The van der Waals surface area contributed by atoms with Crippen LogP contribution in [-0.2, 0) is 6.54 Å². The summed E-state index contributed by atoms with van der Waals surface area (Å²) in [4.78, 5) is 19.1. The lowest BCUT2D eigenvalue weighted by Crippen LogP contribution is -2.35. The molecular weight excluding hydrogens is 302 g/mol. The molecule has 0 spiro atoms. The van der Waals surface area contributed by atoms with Crippen LogP contribution in [0.25, 0.3) is 5.65 Å². The molecular formula is C19H21N3O2. The van der Waals surface area contributed by atoms with Crippen LogP contribution in [0.15, 0.2) is 60.9 Å². The Morgan fingerprint density at radius 3 is 2.71 bits per heavy atom. The molecule has 0 unspecified atom stereocenters. The number of imidazole rings is 1. The van der Waals surface area contributed by atoms with E-state index >= 15 is 0 Å². The van der Waals surface area contributed by atoms with Crippen molar-refractivity contribution in [2.75, 3.05) is 13.2 Å². The number of pyridine rings is 1. The van der Waals surface area contributed by atoms with Crippen LogP contribution in [0.5, 0.6) is 0 Å². The van der Waals surface area contributed by atoms with Crippen LogP contribution in [0.4, 0.5) is 0 Å². The lowest BCUT2D eigenvalue weighted by molar-refractivity contribution is 0.0687. The molecule has 0 bridgehead atoms. The number of carbonyl (C=O) groups is 1. The smallest absolute Gasteiger partial charge is 0.272 e. The number of rotatable bonds is 6. The molecule has 0 aliphatic heterocycles. The first kappa shape index (κ1) is 16.2. The molecule has 1 amide bonds. The van der Waals surface area contributed by atoms with Crippen LogP contribution in [0, 0.1) is 5.92 Å². The van der Waals surface area contributed by atoms with Gasteiger partial charge < -0.3 is 10.0 Å². The summed E-state index contributed by atoms with van der Waals surface area (Å²) in [5.41, 5.74) is 2.34. The third kappa shape index (κ3) is 3.46. The molecule has 0 radical (unpaired) electrons. The van der Waals surface area contributed by atoms with Crippen molar-refractivity contribution in [1.82, 2.24) is 14.3 Å². The zero-order valence-electron chi connectivity index (χ0n) is 13.7. The molecule has 3 aromatic rings. The Morgan fingerprint density at radius 2 is 1.96 bits per heavy atom. The number of fused-ring (bicyclic) bond motifs is 1. The highest BCUT2D eigenvalue weighted by Crippen LogP contribution is 2.14. The first-order valence-corrected chi connectivity index (χ1v) is 8.05. The second-order valence-corrected chi connectivity index (χ2v) is 6.03. The van der Waals surface area contributed by atoms with Gasteiger partial charge in [0.25, 0.3) is 5.91 Å². The highest BCUT2D eigenvalue weighted by atomic mass is 16.3. The summed E-state index contributed by atoms with van der Waals surface area (Å²) in [6.45, 7) is 2.97. The molecule has 0 aliphatic rings. The minimum atomic E-state index is -0.0853. The van der Waals surface area contributed by atoms with Gasteiger partial charge in [-0.3, -0.25) is 9.20 Å². The average Bonchev–Trinajstić information content (AvgIpc) is 3.05. The van der Waals surface area contributed by atoms with Crippen molar-refractivity contribution in [2.45, 2.75) is 13.5 Å². The van der Waals surface area contributed by atoms with E-state index in [2.05, 4.69) is 4.98 Å². The maximum atomic E-state index is 13.1. The number of aromatic nitrogens is 2. The van der Waals surface area contributed by atoms with Gasteiger partial charge >= 0.3 is 0 Å². The molecule has 1 aromatic carbocycles. The minimum Gasteiger partial charge on any atom is -0.396 e. The van der Waals surface area contributed by atoms with Crippen molar-refractivity contribution in [3.8, 4) is 0 Å². The minimum absolute atomic E-state index is 0.0110. The largest absolute Gasteiger partial charge is 0.396 e. The van der Waals surface area contributed by atoms with E-state index in [9.17, 15) is 9.90 Å². The van der Waals surface area contributed by atoms with Crippen molar-refractivity contribution in [1.29, 1.82) is 0 Å². The second-order valence-electron chi connectivity index (χ2n) is 6.03. The van der Waals surface area contributed by atoms with Crippen molar-refractivity contribution in [2.24, 2.45) is 5.92 Å². The zero-order chi connectivity index (χ0) is 16.9. The first-order valence-electron chi connectivity index (χ1n) is 8.05. The van der Waals surface area contributed by atoms with Crippen LogP contribution in [0.1, 0.15) is 23.0 Å². The van der Waals surface area contributed by atoms with E-state index in [0.29, 0.717) is 18.8 Å². The standard InChI is InChI=1S/C19H21N3O2/c1-15(14-23)12-21(13-16-7-3-2-4-8-16)19(24)17-11-20-18-9-5-6-10-22(17)18/h2-11,15,23H,12-14H2,1H3/t15-/m0/s1. The average molecular weight is 323 g/mol. The number of aliphatic hydroxyl groups excluding tert-OH is 1. The number of aliphatic hydroxyl groups is 1. The fourth-order valence-electron chi connectivity index (χ4n) is 2.71. The Labute approximate surface area is 141 Å². The number of hydrogen-bond acceptors (Lipinski definition) is 3. The molecule has 2 heterocycles. The summed E-state index contributed by atoms with van der Waals surface area (Å²) in [7, 11) is 0. The third-order valence-corrected chi connectivity index (χ3v) is 3.98. The van der Waals surface area contributed by atoms with E-state index in [4.69, 9.17) is 0 Å². The maximum absolute atomic E-state index is 13.1. The van der Waals surface area contributed by atoms with Gasteiger partial charge in [0.15, 0.2) is 0 Å². The van der Waals surface area contributed by atoms with Crippen LogP contribution in [0.2, 0.25) is 0 Å². The van der Waals surface area contributed by atoms with E-state index in [1.165, 1.54) is 0 Å². The monoisotopic (exact) mass is 323 g/mol. The normalized spacial score (nSPS) is 12.2. The quantitative estimate of drug-likeness (QED) is 0.758. The fraction of sp³-hybridized carbons (Fsp3) is 0.263. The van der Waals surface area contributed by atoms with Crippen molar-refractivity contribution >= 4 is 11.6 Å². The van der Waals surface area contributed by atoms with Gasteiger partial charge in [0.2, 0.25) is 0 Å². The molecule has 1 atom stereocenters. The molecule has 3 rings (SSSR count). The second kappa shape index (κ2) is 7.27. The Morgan fingerprint density at radius 1 is 1.21 bits per heavy atom. The maximum Gasteiger partial charge on any atom is 0.272 e. The highest BCUT2D eigenvalue weighted by Gasteiger charge is 2.21. The molecule has 0 saturated carbocycles. The van der Waals surface area contributed by atoms with Gasteiger partial charge in [0, 0.05) is 25.9 Å². The van der Waals surface area contributed by atoms with Crippen LogP contribution in [0.3, 0.4) is 0 Å². The topological polar surface area (TPSA) is 57.8 Å². The van der Waals surface area contributed by atoms with Crippen molar-refractivity contribution < 1.29 is 9.90 Å². The molecule has 0 saturated heterocycles. The van der Waals surface area contributed by atoms with Crippen LogP contribution < -0.4 is 0 Å². The molecule has 0 aliphatic carbocycles. The van der Waals surface area contributed by atoms with E-state index in [-0.39, 0.29) is 18.4 Å². The van der Waals surface area contributed by atoms with Crippen molar-refractivity contribution in [3.05, 3.63) is 72.2 Å². The molecule has 5 heteroatoms. The molecule has 2 aromatic heterocycles. The lowest BCUT2D eigenvalue weighted by Gasteiger charge is -2.25. The van der Waals surface area contributed by atoms with Gasteiger partial charge in [-0.05, 0) is 23.6 Å². The summed E-state index contributed by atoms with van der Waals surface area (Å²) in [6, 6.07) is 15.5. The number of nitrogens with zero attached hydrogens (tertiary/aromatic N) is 3. The Kier molecular flexibility index (Phi) is 4.91. The molecule has 0 fully saturated rings. The van der Waals surface area contributed by atoms with E-state index in [0.717, 1.165) is 11.2 Å². The Hall–Kier alpha value is -2.66. The van der Waals surface area contributed by atoms with Crippen molar-refractivity contribution in [3.63, 3.8) is 0 Å². The predicted molar refractivity (Wildman–Crippen MR) is 92.6 cm³/mol. The first-order chi connectivity index (χ1) is 11.7. The van der Waals surface area contributed by atoms with Crippen LogP contribution >= 0.6 is 0 Å². The fourth-order valence-corrected chi connectivity index (χ4v) is 2.71. The summed E-state index contributed by atoms with van der Waals surface area (Å²) in [5.74, 6) is -0.0744. The highest BCUT2D eigenvalue weighted by molar-refractivity contribution is 5.93. The number of amides is 1. The van der Waals surface area contributed by atoms with Gasteiger partial charge in [-0.15, -0.1) is 0 Å². The van der Waals surface area contributed by atoms with E-state index < -0.39 is 0 Å².